The van der Waals surface area contributed by atoms with Gasteiger partial charge in [0.25, 0.3) is 17.2 Å². The van der Waals surface area contributed by atoms with Gasteiger partial charge in [0.05, 0.1) is 11.5 Å². The van der Waals surface area contributed by atoms with Crippen LogP contribution in [0.25, 0.3) is 0 Å². The van der Waals surface area contributed by atoms with Crippen LogP contribution in [-0.2, 0) is 6.54 Å². The van der Waals surface area contributed by atoms with Crippen LogP contribution in [0.4, 0.5) is 11.4 Å². The molecule has 26 heavy (non-hydrogen) atoms. The Morgan fingerprint density at radius 2 is 1.96 bits per heavy atom. The molecule has 0 atom stereocenters. The highest BCUT2D eigenvalue weighted by Gasteiger charge is 2.16. The Bertz CT molecular complexity index is 1070. The van der Waals surface area contributed by atoms with Crippen molar-refractivity contribution in [3.8, 4) is 0 Å². The molecule has 0 radical (unpaired) electrons. The molecule has 3 rings (SSSR count). The number of benzene rings is 1. The first-order valence-corrected chi connectivity index (χ1v) is 8.24. The normalized spacial score (nSPS) is 10.5. The van der Waals surface area contributed by atoms with Crippen LogP contribution < -0.4 is 16.6 Å². The lowest BCUT2D eigenvalue weighted by molar-refractivity contribution is -0.384. The fourth-order valence-corrected chi connectivity index (χ4v) is 2.93. The Hall–Kier alpha value is -3.53. The molecule has 9 nitrogen and oxygen atoms in total. The van der Waals surface area contributed by atoms with Crippen LogP contribution in [0.3, 0.4) is 0 Å². The van der Waals surface area contributed by atoms with E-state index in [4.69, 9.17) is 0 Å². The summed E-state index contributed by atoms with van der Waals surface area (Å²) in [4.78, 5) is 50.0. The van der Waals surface area contributed by atoms with Gasteiger partial charge in [0.1, 0.15) is 5.56 Å². The average molecular weight is 372 g/mol. The lowest BCUT2D eigenvalue weighted by Crippen LogP contribution is -2.39. The van der Waals surface area contributed by atoms with Crippen molar-refractivity contribution in [3.05, 3.63) is 89.4 Å². The van der Waals surface area contributed by atoms with Crippen molar-refractivity contribution < 1.29 is 9.72 Å². The maximum Gasteiger partial charge on any atom is 0.328 e. The molecule has 1 aromatic carbocycles. The molecular formula is C16H12N4O5S. The first-order chi connectivity index (χ1) is 12.5. The summed E-state index contributed by atoms with van der Waals surface area (Å²) in [5.41, 5.74) is -1.40. The van der Waals surface area contributed by atoms with E-state index in [1.54, 1.807) is 12.1 Å². The summed E-state index contributed by atoms with van der Waals surface area (Å²) in [6, 6.07) is 8.75. The summed E-state index contributed by atoms with van der Waals surface area (Å²) >= 11 is 1.39. The van der Waals surface area contributed by atoms with Gasteiger partial charge in [-0.3, -0.25) is 24.3 Å². The second kappa shape index (κ2) is 7.15. The van der Waals surface area contributed by atoms with E-state index in [-0.39, 0.29) is 23.5 Å². The number of amides is 1. The summed E-state index contributed by atoms with van der Waals surface area (Å²) in [5.74, 6) is -0.722. The van der Waals surface area contributed by atoms with Crippen molar-refractivity contribution in [2.75, 3.05) is 5.32 Å². The molecule has 3 aromatic rings. The fourth-order valence-electron chi connectivity index (χ4n) is 2.24. The van der Waals surface area contributed by atoms with Gasteiger partial charge in [-0.15, -0.1) is 11.3 Å². The largest absolute Gasteiger partial charge is 0.328 e. The molecule has 132 valence electrons. The number of hydrogen-bond donors (Lipinski definition) is 2. The van der Waals surface area contributed by atoms with Crippen molar-refractivity contribution in [2.24, 2.45) is 0 Å². The van der Waals surface area contributed by atoms with E-state index in [1.165, 1.54) is 35.6 Å². The topological polar surface area (TPSA) is 127 Å². The number of thiophene rings is 1. The van der Waals surface area contributed by atoms with E-state index in [9.17, 15) is 24.5 Å². The molecule has 0 unspecified atom stereocenters. The van der Waals surface area contributed by atoms with Crippen LogP contribution in [0.15, 0.2) is 57.6 Å². The Morgan fingerprint density at radius 3 is 2.58 bits per heavy atom. The van der Waals surface area contributed by atoms with Crippen molar-refractivity contribution in [3.63, 3.8) is 0 Å². The smallest absolute Gasteiger partial charge is 0.322 e. The highest BCUT2D eigenvalue weighted by Crippen LogP contribution is 2.15. The van der Waals surface area contributed by atoms with Crippen molar-refractivity contribution in [2.45, 2.75) is 6.54 Å². The molecule has 0 aliphatic rings. The number of carbonyl (C=O) groups excluding carboxylic acids is 1. The Morgan fingerprint density at radius 1 is 1.23 bits per heavy atom. The maximum absolute atomic E-state index is 12.5. The lowest BCUT2D eigenvalue weighted by Gasteiger charge is -2.07. The van der Waals surface area contributed by atoms with Gasteiger partial charge in [-0.2, -0.15) is 0 Å². The molecular weight excluding hydrogens is 360 g/mol. The third-order valence-electron chi connectivity index (χ3n) is 3.54. The number of carbonyl (C=O) groups is 1. The number of aromatic amines is 1. The van der Waals surface area contributed by atoms with Crippen LogP contribution >= 0.6 is 11.3 Å². The summed E-state index contributed by atoms with van der Waals surface area (Å²) < 4.78 is 0.941. The molecule has 2 heterocycles. The first-order valence-electron chi connectivity index (χ1n) is 7.36. The summed E-state index contributed by atoms with van der Waals surface area (Å²) in [6.45, 7) is 0.0600. The van der Waals surface area contributed by atoms with Crippen LogP contribution in [-0.4, -0.2) is 20.4 Å². The van der Waals surface area contributed by atoms with Crippen LogP contribution in [0.2, 0.25) is 0 Å². The average Bonchev–Trinajstić information content (AvgIpc) is 3.12. The van der Waals surface area contributed by atoms with E-state index in [0.29, 0.717) is 0 Å². The van der Waals surface area contributed by atoms with Crippen LogP contribution in [0.5, 0.6) is 0 Å². The van der Waals surface area contributed by atoms with E-state index in [0.717, 1.165) is 15.6 Å². The lowest BCUT2D eigenvalue weighted by atomic mass is 10.2. The predicted molar refractivity (Wildman–Crippen MR) is 95.8 cm³/mol. The van der Waals surface area contributed by atoms with Gasteiger partial charge in [0.2, 0.25) is 0 Å². The zero-order valence-corrected chi connectivity index (χ0v) is 14.0. The molecule has 0 saturated carbocycles. The highest BCUT2D eigenvalue weighted by molar-refractivity contribution is 7.09. The number of aromatic nitrogens is 2. The first kappa shape index (κ1) is 17.3. The highest BCUT2D eigenvalue weighted by atomic mass is 32.1. The van der Waals surface area contributed by atoms with E-state index >= 15 is 0 Å². The van der Waals surface area contributed by atoms with Crippen molar-refractivity contribution in [1.82, 2.24) is 9.55 Å². The van der Waals surface area contributed by atoms with Gasteiger partial charge in [-0.05, 0) is 23.6 Å². The Labute approximate surface area is 149 Å². The number of H-pyrrole nitrogens is 1. The van der Waals surface area contributed by atoms with E-state index in [1.807, 2.05) is 5.38 Å². The zero-order chi connectivity index (χ0) is 18.7. The molecule has 0 bridgehead atoms. The third kappa shape index (κ3) is 3.59. The van der Waals surface area contributed by atoms with Gasteiger partial charge >= 0.3 is 5.69 Å². The van der Waals surface area contributed by atoms with E-state index in [2.05, 4.69) is 10.3 Å². The number of nitrogens with zero attached hydrogens (tertiary/aromatic N) is 2. The fraction of sp³-hybridized carbons (Fsp3) is 0.0625. The van der Waals surface area contributed by atoms with Crippen molar-refractivity contribution in [1.29, 1.82) is 0 Å². The summed E-state index contributed by atoms with van der Waals surface area (Å²) in [7, 11) is 0. The quantitative estimate of drug-likeness (QED) is 0.521. The number of nitrogens with one attached hydrogen (secondary N) is 2. The Kier molecular flexibility index (Phi) is 4.76. The Balaban J connectivity index is 1.86. The van der Waals surface area contributed by atoms with Gasteiger partial charge < -0.3 is 10.3 Å². The van der Waals surface area contributed by atoms with Crippen LogP contribution in [0, 0.1) is 10.1 Å². The second-order valence-electron chi connectivity index (χ2n) is 5.24. The zero-order valence-electron chi connectivity index (χ0n) is 13.2. The van der Waals surface area contributed by atoms with Crippen LogP contribution in [0.1, 0.15) is 15.2 Å². The SMILES string of the molecule is O=C(Nc1ccc([N+](=O)[O-])cc1)c1c[nH]c(=O)n(Cc2cccs2)c1=O. The minimum absolute atomic E-state index is 0.0600. The number of anilines is 1. The molecule has 0 aliphatic heterocycles. The molecule has 0 aliphatic carbocycles. The third-order valence-corrected chi connectivity index (χ3v) is 4.40. The number of non-ortho nitro benzene ring substituents is 1. The number of hydrogen-bond acceptors (Lipinski definition) is 6. The minimum Gasteiger partial charge on any atom is -0.322 e. The molecule has 10 heteroatoms. The molecule has 2 aromatic heterocycles. The standard InChI is InChI=1S/C16H12N4O5S/c21-14(18-10-3-5-11(6-4-10)20(24)25)13-8-17-16(23)19(15(13)22)9-12-2-1-7-26-12/h1-8H,9H2,(H,17,23)(H,18,21). The number of nitro groups is 1. The van der Waals surface area contributed by atoms with Gasteiger partial charge in [-0.1, -0.05) is 6.07 Å². The van der Waals surface area contributed by atoms with Gasteiger partial charge in [0, 0.05) is 28.9 Å². The maximum atomic E-state index is 12.5. The molecule has 0 spiro atoms. The minimum atomic E-state index is -0.722. The molecule has 0 saturated heterocycles. The predicted octanol–water partition coefficient (Wildman–Crippen LogP) is 1.81. The molecule has 0 fully saturated rings. The van der Waals surface area contributed by atoms with Crippen molar-refractivity contribution >= 4 is 28.6 Å². The molecule has 2 N–H and O–H groups in total. The van der Waals surface area contributed by atoms with Gasteiger partial charge in [-0.25, -0.2) is 4.79 Å². The molecule has 1 amide bonds. The van der Waals surface area contributed by atoms with Gasteiger partial charge in [0.15, 0.2) is 0 Å². The monoisotopic (exact) mass is 372 g/mol. The summed E-state index contributed by atoms with van der Waals surface area (Å²) in [6.07, 6.45) is 1.05. The number of rotatable bonds is 5. The van der Waals surface area contributed by atoms with E-state index < -0.39 is 22.1 Å². The second-order valence-corrected chi connectivity index (χ2v) is 6.27. The number of nitro benzene ring substituents is 1. The summed E-state index contributed by atoms with van der Waals surface area (Å²) in [5, 5.41) is 14.9.